The summed E-state index contributed by atoms with van der Waals surface area (Å²) < 4.78 is 19.0. The van der Waals surface area contributed by atoms with Crippen molar-refractivity contribution in [3.63, 3.8) is 0 Å². The average molecular weight is 323 g/mol. The van der Waals surface area contributed by atoms with Crippen LogP contribution in [0.5, 0.6) is 11.8 Å². The van der Waals surface area contributed by atoms with Gasteiger partial charge >= 0.3 is 6.01 Å². The highest BCUT2D eigenvalue weighted by Crippen LogP contribution is 2.30. The molecule has 0 atom stereocenters. The van der Waals surface area contributed by atoms with Crippen LogP contribution in [0.4, 0.5) is 10.1 Å². The maximum atomic E-state index is 13.4. The van der Waals surface area contributed by atoms with Crippen molar-refractivity contribution in [3.8, 4) is 17.8 Å². The van der Waals surface area contributed by atoms with E-state index in [0.717, 1.165) is 6.07 Å². The molecule has 7 heteroatoms. The summed E-state index contributed by atoms with van der Waals surface area (Å²) in [4.78, 5) is 7.85. The molecule has 0 aliphatic rings. The number of hydrogen-bond donors (Lipinski definition) is 1. The van der Waals surface area contributed by atoms with E-state index in [2.05, 4.69) is 25.9 Å². The summed E-state index contributed by atoms with van der Waals surface area (Å²) >= 11 is 3.02. The van der Waals surface area contributed by atoms with Crippen molar-refractivity contribution >= 4 is 21.6 Å². The van der Waals surface area contributed by atoms with Gasteiger partial charge in [-0.05, 0) is 35.0 Å². The zero-order valence-electron chi connectivity index (χ0n) is 9.82. The molecule has 2 rings (SSSR count). The van der Waals surface area contributed by atoms with E-state index in [1.807, 2.05) is 6.07 Å². The average Bonchev–Trinajstić information content (AvgIpc) is 2.35. The normalized spacial score (nSPS) is 10.0. The fourth-order valence-electron chi connectivity index (χ4n) is 1.37. The molecule has 1 heterocycles. The third-order valence-electron chi connectivity index (χ3n) is 2.20. The Kier molecular flexibility index (Phi) is 3.62. The molecule has 19 heavy (non-hydrogen) atoms. The van der Waals surface area contributed by atoms with Gasteiger partial charge in [0.05, 0.1) is 10.2 Å². The van der Waals surface area contributed by atoms with Crippen LogP contribution in [-0.2, 0) is 0 Å². The van der Waals surface area contributed by atoms with E-state index in [-0.39, 0.29) is 27.6 Å². The number of anilines is 1. The maximum Gasteiger partial charge on any atom is 0.323 e. The first kappa shape index (κ1) is 13.2. The van der Waals surface area contributed by atoms with Crippen molar-refractivity contribution < 1.29 is 9.13 Å². The number of nitrogens with zero attached hydrogens (tertiary/aromatic N) is 3. The summed E-state index contributed by atoms with van der Waals surface area (Å²) in [6, 6.07) is 5.85. The third kappa shape index (κ3) is 2.98. The summed E-state index contributed by atoms with van der Waals surface area (Å²) in [6.45, 7) is 1.70. The summed E-state index contributed by atoms with van der Waals surface area (Å²) in [7, 11) is 0. The Balaban J connectivity index is 2.39. The molecule has 0 aliphatic heterocycles. The fraction of sp³-hybridized carbons (Fsp3) is 0.0833. The second kappa shape index (κ2) is 5.20. The maximum absolute atomic E-state index is 13.4. The van der Waals surface area contributed by atoms with Crippen molar-refractivity contribution in [2.75, 3.05) is 5.73 Å². The van der Waals surface area contributed by atoms with Gasteiger partial charge in [0.2, 0.25) is 0 Å². The highest BCUT2D eigenvalue weighted by molar-refractivity contribution is 9.10. The molecule has 5 nitrogen and oxygen atoms in total. The molecule has 0 radical (unpaired) electrons. The molecule has 96 valence electrons. The number of hydrogen-bond acceptors (Lipinski definition) is 5. The summed E-state index contributed by atoms with van der Waals surface area (Å²) in [5.41, 5.74) is 6.67. The van der Waals surface area contributed by atoms with Crippen molar-refractivity contribution in [3.05, 3.63) is 39.9 Å². The van der Waals surface area contributed by atoms with Gasteiger partial charge in [-0.25, -0.2) is 9.37 Å². The number of ether oxygens (including phenoxy) is 1. The van der Waals surface area contributed by atoms with Gasteiger partial charge in [0.1, 0.15) is 17.6 Å². The van der Waals surface area contributed by atoms with Crippen LogP contribution >= 0.6 is 15.9 Å². The van der Waals surface area contributed by atoms with E-state index < -0.39 is 5.82 Å². The molecule has 0 bridgehead atoms. The van der Waals surface area contributed by atoms with E-state index in [4.69, 9.17) is 15.7 Å². The minimum Gasteiger partial charge on any atom is -0.422 e. The van der Waals surface area contributed by atoms with E-state index in [9.17, 15) is 4.39 Å². The summed E-state index contributed by atoms with van der Waals surface area (Å²) in [5, 5.41) is 8.80. The van der Waals surface area contributed by atoms with Gasteiger partial charge in [0.15, 0.2) is 5.75 Å². The number of aryl methyl sites for hydroxylation is 1. The van der Waals surface area contributed by atoms with Crippen LogP contribution in [0.25, 0.3) is 0 Å². The lowest BCUT2D eigenvalue weighted by Gasteiger charge is -2.08. The minimum atomic E-state index is -0.516. The van der Waals surface area contributed by atoms with Crippen molar-refractivity contribution in [2.45, 2.75) is 6.92 Å². The lowest BCUT2D eigenvalue weighted by atomic mass is 10.3. The van der Waals surface area contributed by atoms with Crippen LogP contribution in [0.2, 0.25) is 0 Å². The topological polar surface area (TPSA) is 84.8 Å². The predicted molar refractivity (Wildman–Crippen MR) is 70.1 cm³/mol. The van der Waals surface area contributed by atoms with Crippen LogP contribution in [0.3, 0.4) is 0 Å². The molecule has 1 aromatic carbocycles. The molecule has 0 amide bonds. The van der Waals surface area contributed by atoms with E-state index in [1.54, 1.807) is 6.92 Å². The Bertz CT molecular complexity index is 684. The molecule has 1 aromatic heterocycles. The highest BCUT2D eigenvalue weighted by Gasteiger charge is 2.10. The zero-order valence-corrected chi connectivity index (χ0v) is 11.4. The van der Waals surface area contributed by atoms with Gasteiger partial charge < -0.3 is 10.5 Å². The van der Waals surface area contributed by atoms with Gasteiger partial charge in [-0.15, -0.1) is 0 Å². The van der Waals surface area contributed by atoms with E-state index >= 15 is 0 Å². The van der Waals surface area contributed by atoms with Gasteiger partial charge in [0.25, 0.3) is 0 Å². The molecule has 0 fully saturated rings. The first-order valence-corrected chi connectivity index (χ1v) is 5.97. The van der Waals surface area contributed by atoms with Crippen molar-refractivity contribution in [1.82, 2.24) is 9.97 Å². The SMILES string of the molecule is Cc1cc(C#N)nc(Oc2cc(F)c(Br)cc2N)n1. The third-order valence-corrected chi connectivity index (χ3v) is 2.81. The molecule has 2 aromatic rings. The number of aromatic nitrogens is 2. The molecular weight excluding hydrogens is 315 g/mol. The first-order chi connectivity index (χ1) is 8.99. The quantitative estimate of drug-likeness (QED) is 0.859. The van der Waals surface area contributed by atoms with Crippen molar-refractivity contribution in [1.29, 1.82) is 5.26 Å². The standard InChI is InChI=1S/C12H8BrFN4O/c1-6-2-7(5-15)18-12(17-6)19-11-4-9(14)8(13)3-10(11)16/h2-4H,16H2,1H3. The monoisotopic (exact) mass is 322 g/mol. The van der Waals surface area contributed by atoms with Crippen LogP contribution in [-0.4, -0.2) is 9.97 Å². The second-order valence-electron chi connectivity index (χ2n) is 3.70. The Morgan fingerprint density at radius 1 is 1.37 bits per heavy atom. The number of nitriles is 1. The number of benzene rings is 1. The zero-order chi connectivity index (χ0) is 14.0. The summed E-state index contributed by atoms with van der Waals surface area (Å²) in [5.74, 6) is -0.424. The second-order valence-corrected chi connectivity index (χ2v) is 4.55. The Labute approximate surface area is 117 Å². The Hall–Kier alpha value is -2.20. The number of nitrogens with two attached hydrogens (primary N) is 1. The fourth-order valence-corrected chi connectivity index (χ4v) is 1.74. The lowest BCUT2D eigenvalue weighted by Crippen LogP contribution is -1.99. The smallest absolute Gasteiger partial charge is 0.323 e. The molecule has 0 saturated heterocycles. The highest BCUT2D eigenvalue weighted by atomic mass is 79.9. The number of rotatable bonds is 2. The minimum absolute atomic E-state index is 0.0510. The molecule has 0 spiro atoms. The predicted octanol–water partition coefficient (Wildman–Crippen LogP) is 2.93. The van der Waals surface area contributed by atoms with Crippen LogP contribution in [0.15, 0.2) is 22.7 Å². The largest absolute Gasteiger partial charge is 0.422 e. The van der Waals surface area contributed by atoms with Crippen LogP contribution < -0.4 is 10.5 Å². The van der Waals surface area contributed by atoms with Crippen LogP contribution in [0.1, 0.15) is 11.4 Å². The molecule has 0 saturated carbocycles. The number of halogens is 2. The molecular formula is C12H8BrFN4O. The first-order valence-electron chi connectivity index (χ1n) is 5.17. The van der Waals surface area contributed by atoms with E-state index in [0.29, 0.717) is 5.69 Å². The molecule has 0 aliphatic carbocycles. The van der Waals surface area contributed by atoms with Gasteiger partial charge in [-0.2, -0.15) is 10.2 Å². The summed E-state index contributed by atoms with van der Waals surface area (Å²) in [6.07, 6.45) is 0. The number of nitrogen functional groups attached to an aromatic ring is 1. The van der Waals surface area contributed by atoms with Gasteiger partial charge in [0, 0.05) is 11.8 Å². The Morgan fingerprint density at radius 2 is 2.11 bits per heavy atom. The Morgan fingerprint density at radius 3 is 2.79 bits per heavy atom. The lowest BCUT2D eigenvalue weighted by molar-refractivity contribution is 0.437. The molecule has 2 N–H and O–H groups in total. The van der Waals surface area contributed by atoms with Crippen molar-refractivity contribution in [2.24, 2.45) is 0 Å². The molecule has 0 unspecified atom stereocenters. The van der Waals surface area contributed by atoms with E-state index in [1.165, 1.54) is 12.1 Å². The van der Waals surface area contributed by atoms with Crippen LogP contribution in [0, 0.1) is 24.1 Å². The van der Waals surface area contributed by atoms with Gasteiger partial charge in [-0.1, -0.05) is 0 Å². The van der Waals surface area contributed by atoms with Gasteiger partial charge in [-0.3, -0.25) is 0 Å².